The molecule has 1 saturated carbocycles. The molecule has 1 aromatic rings. The maximum absolute atomic E-state index is 12.2. The molecule has 5 heteroatoms. The van der Waals surface area contributed by atoms with Crippen molar-refractivity contribution in [3.05, 3.63) is 22.7 Å². The van der Waals surface area contributed by atoms with Gasteiger partial charge in [-0.05, 0) is 12.8 Å². The molecule has 0 atom stereocenters. The average Bonchev–Trinajstić information content (AvgIpc) is 2.98. The number of hydrogen-bond acceptors (Lipinski definition) is 4. The van der Waals surface area contributed by atoms with Gasteiger partial charge in [0.05, 0.1) is 6.04 Å². The van der Waals surface area contributed by atoms with Gasteiger partial charge in [0.25, 0.3) is 5.56 Å². The lowest BCUT2D eigenvalue weighted by atomic mass is 10.1. The largest absolute Gasteiger partial charge is 0.350 e. The van der Waals surface area contributed by atoms with Crippen molar-refractivity contribution in [1.29, 1.82) is 0 Å². The van der Waals surface area contributed by atoms with E-state index >= 15 is 0 Å². The number of hydrogen-bond donors (Lipinski definition) is 1. The summed E-state index contributed by atoms with van der Waals surface area (Å²) in [5.74, 6) is 0.584. The predicted molar refractivity (Wildman–Crippen MR) is 61.8 cm³/mol. The second-order valence-electron chi connectivity index (χ2n) is 4.62. The van der Waals surface area contributed by atoms with Crippen molar-refractivity contribution in [2.24, 2.45) is 0 Å². The number of nitrogens with one attached hydrogen (secondary N) is 1. The number of aromatic nitrogens is 2. The molecule has 1 aromatic heterocycles. The lowest BCUT2D eigenvalue weighted by molar-refractivity contribution is 0.425. The van der Waals surface area contributed by atoms with Crippen molar-refractivity contribution in [2.45, 2.75) is 24.9 Å². The Balaban J connectivity index is 1.93. The zero-order valence-electron chi connectivity index (χ0n) is 9.39. The fraction of sp³-hybridized carbons (Fsp3) is 0.636. The van der Waals surface area contributed by atoms with Crippen molar-refractivity contribution in [1.82, 2.24) is 14.9 Å². The van der Waals surface area contributed by atoms with Gasteiger partial charge in [-0.3, -0.25) is 4.79 Å². The minimum atomic E-state index is 0.0550. The predicted octanol–water partition coefficient (Wildman–Crippen LogP) is -0.0138. The molecule has 0 amide bonds. The van der Waals surface area contributed by atoms with Crippen LogP contribution in [0.5, 0.6) is 0 Å². The van der Waals surface area contributed by atoms with E-state index in [9.17, 15) is 4.79 Å². The van der Waals surface area contributed by atoms with Crippen LogP contribution in [0.3, 0.4) is 0 Å². The molecule has 1 aliphatic heterocycles. The summed E-state index contributed by atoms with van der Waals surface area (Å²) in [6.07, 6.45) is 5.78. The summed E-state index contributed by atoms with van der Waals surface area (Å²) in [4.78, 5) is 18.4. The molecular formula is C11H16N4O. The SMILES string of the molecule is CN(c1nccn(C2CC2)c1=O)C1CNC1. The quantitative estimate of drug-likeness (QED) is 0.778. The molecule has 0 spiro atoms. The summed E-state index contributed by atoms with van der Waals surface area (Å²) >= 11 is 0. The second-order valence-corrected chi connectivity index (χ2v) is 4.62. The van der Waals surface area contributed by atoms with E-state index in [0.717, 1.165) is 25.9 Å². The molecule has 1 aliphatic carbocycles. The topological polar surface area (TPSA) is 50.2 Å². The van der Waals surface area contributed by atoms with E-state index in [1.165, 1.54) is 0 Å². The van der Waals surface area contributed by atoms with E-state index < -0.39 is 0 Å². The number of anilines is 1. The maximum atomic E-state index is 12.2. The van der Waals surface area contributed by atoms with Gasteiger partial charge >= 0.3 is 0 Å². The van der Waals surface area contributed by atoms with E-state index in [1.807, 2.05) is 16.5 Å². The molecule has 0 unspecified atom stereocenters. The summed E-state index contributed by atoms with van der Waals surface area (Å²) in [6.45, 7) is 1.88. The van der Waals surface area contributed by atoms with Crippen molar-refractivity contribution in [3.8, 4) is 0 Å². The zero-order chi connectivity index (χ0) is 11.1. The standard InChI is InChI=1S/C11H16N4O/c1-14(9-6-12-7-9)10-11(16)15(5-4-13-10)8-2-3-8/h4-5,8-9,12H,2-3,6-7H2,1H3. The Morgan fingerprint density at radius 1 is 1.50 bits per heavy atom. The van der Waals surface area contributed by atoms with E-state index in [0.29, 0.717) is 17.9 Å². The minimum Gasteiger partial charge on any atom is -0.350 e. The molecule has 3 rings (SSSR count). The Morgan fingerprint density at radius 3 is 2.81 bits per heavy atom. The molecule has 5 nitrogen and oxygen atoms in total. The highest BCUT2D eigenvalue weighted by atomic mass is 16.1. The van der Waals surface area contributed by atoms with Crippen LogP contribution in [0.25, 0.3) is 0 Å². The first-order valence-corrected chi connectivity index (χ1v) is 5.78. The van der Waals surface area contributed by atoms with Gasteiger partial charge in [0.2, 0.25) is 0 Å². The summed E-state index contributed by atoms with van der Waals surface area (Å²) in [5.41, 5.74) is 0.0550. The van der Waals surface area contributed by atoms with Crippen molar-refractivity contribution in [3.63, 3.8) is 0 Å². The Hall–Kier alpha value is -1.36. The normalized spacial score (nSPS) is 20.6. The Morgan fingerprint density at radius 2 is 2.25 bits per heavy atom. The molecule has 0 aromatic carbocycles. The van der Waals surface area contributed by atoms with Crippen LogP contribution in [-0.2, 0) is 0 Å². The molecule has 2 aliphatic rings. The van der Waals surface area contributed by atoms with Gasteiger partial charge in [-0.1, -0.05) is 0 Å². The molecule has 1 N–H and O–H groups in total. The Bertz CT molecular complexity index is 448. The van der Waals surface area contributed by atoms with Crippen molar-refractivity contribution >= 4 is 5.82 Å². The molecule has 86 valence electrons. The van der Waals surface area contributed by atoms with Gasteiger partial charge in [0.15, 0.2) is 5.82 Å². The number of nitrogens with zero attached hydrogens (tertiary/aromatic N) is 3. The van der Waals surface area contributed by atoms with E-state index in [1.54, 1.807) is 12.4 Å². The highest BCUT2D eigenvalue weighted by Gasteiger charge is 2.28. The van der Waals surface area contributed by atoms with Crippen LogP contribution in [0, 0.1) is 0 Å². The van der Waals surface area contributed by atoms with E-state index in [4.69, 9.17) is 0 Å². The van der Waals surface area contributed by atoms with Crippen LogP contribution < -0.4 is 15.8 Å². The molecule has 0 bridgehead atoms. The maximum Gasteiger partial charge on any atom is 0.293 e. The first-order valence-electron chi connectivity index (χ1n) is 5.78. The van der Waals surface area contributed by atoms with Crippen LogP contribution in [0.1, 0.15) is 18.9 Å². The molecule has 1 saturated heterocycles. The lowest BCUT2D eigenvalue weighted by Crippen LogP contribution is -2.57. The van der Waals surface area contributed by atoms with Crippen LogP contribution >= 0.6 is 0 Å². The highest BCUT2D eigenvalue weighted by Crippen LogP contribution is 2.33. The first-order chi connectivity index (χ1) is 7.77. The summed E-state index contributed by atoms with van der Waals surface area (Å²) in [7, 11) is 1.95. The Labute approximate surface area is 94.1 Å². The summed E-state index contributed by atoms with van der Waals surface area (Å²) in [5, 5.41) is 3.20. The van der Waals surface area contributed by atoms with Gasteiger partial charge in [0, 0.05) is 38.6 Å². The summed E-state index contributed by atoms with van der Waals surface area (Å²) in [6, 6.07) is 0.831. The van der Waals surface area contributed by atoms with E-state index in [-0.39, 0.29) is 5.56 Å². The average molecular weight is 220 g/mol. The number of likely N-dealkylation sites (N-methyl/N-ethyl adjacent to an activating group) is 1. The molecule has 2 heterocycles. The third-order valence-corrected chi connectivity index (χ3v) is 3.43. The smallest absolute Gasteiger partial charge is 0.293 e. The third-order valence-electron chi connectivity index (χ3n) is 3.43. The molecule has 16 heavy (non-hydrogen) atoms. The summed E-state index contributed by atoms with van der Waals surface area (Å²) < 4.78 is 1.82. The second kappa shape index (κ2) is 3.59. The van der Waals surface area contributed by atoms with E-state index in [2.05, 4.69) is 10.3 Å². The molecule has 0 radical (unpaired) electrons. The van der Waals surface area contributed by atoms with Crippen LogP contribution in [0.15, 0.2) is 17.2 Å². The van der Waals surface area contributed by atoms with Gasteiger partial charge in [-0.2, -0.15) is 0 Å². The van der Waals surface area contributed by atoms with Crippen molar-refractivity contribution in [2.75, 3.05) is 25.0 Å². The Kier molecular flexibility index (Phi) is 2.21. The molecule has 2 fully saturated rings. The van der Waals surface area contributed by atoms with Crippen molar-refractivity contribution < 1.29 is 0 Å². The van der Waals surface area contributed by atoms with Gasteiger partial charge in [-0.15, -0.1) is 0 Å². The monoisotopic (exact) mass is 220 g/mol. The third kappa shape index (κ3) is 1.51. The van der Waals surface area contributed by atoms with Gasteiger partial charge in [-0.25, -0.2) is 4.98 Å². The number of rotatable bonds is 3. The lowest BCUT2D eigenvalue weighted by Gasteiger charge is -2.35. The van der Waals surface area contributed by atoms with Gasteiger partial charge < -0.3 is 14.8 Å². The fourth-order valence-electron chi connectivity index (χ4n) is 2.02. The minimum absolute atomic E-state index is 0.0550. The molecular weight excluding hydrogens is 204 g/mol. The zero-order valence-corrected chi connectivity index (χ0v) is 9.39. The van der Waals surface area contributed by atoms with Crippen LogP contribution in [-0.4, -0.2) is 35.7 Å². The highest BCUT2D eigenvalue weighted by molar-refractivity contribution is 5.37. The van der Waals surface area contributed by atoms with Crippen LogP contribution in [0.4, 0.5) is 5.82 Å². The first kappa shape index (κ1) is 9.84. The fourth-order valence-corrected chi connectivity index (χ4v) is 2.02. The van der Waals surface area contributed by atoms with Gasteiger partial charge in [0.1, 0.15) is 0 Å². The van der Waals surface area contributed by atoms with Crippen LogP contribution in [0.2, 0.25) is 0 Å².